The molecule has 0 bridgehead atoms. The van der Waals surface area contributed by atoms with E-state index in [0.29, 0.717) is 6.42 Å². The van der Waals surface area contributed by atoms with Crippen molar-refractivity contribution in [1.29, 1.82) is 0 Å². The van der Waals surface area contributed by atoms with Crippen LogP contribution in [0.3, 0.4) is 0 Å². The van der Waals surface area contributed by atoms with Gasteiger partial charge in [0.15, 0.2) is 5.78 Å². The first-order chi connectivity index (χ1) is 4.45. The lowest BCUT2D eigenvalue weighted by atomic mass is 9.90. The van der Waals surface area contributed by atoms with Crippen LogP contribution in [0.15, 0.2) is 12.7 Å². The molecule has 0 N–H and O–H groups in total. The van der Waals surface area contributed by atoms with Gasteiger partial charge >= 0.3 is 0 Å². The van der Waals surface area contributed by atoms with Crippen LogP contribution in [0.4, 0.5) is 0 Å². The van der Waals surface area contributed by atoms with E-state index in [1.165, 1.54) is 6.08 Å². The Balaban J connectivity index is 3.55. The Morgan fingerprint density at radius 3 is 2.30 bits per heavy atom. The summed E-state index contributed by atoms with van der Waals surface area (Å²) < 4.78 is 0. The normalized spacial score (nSPS) is 11.1. The summed E-state index contributed by atoms with van der Waals surface area (Å²) >= 11 is 0. The lowest BCUT2D eigenvalue weighted by molar-refractivity contribution is -0.115. The van der Waals surface area contributed by atoms with Crippen LogP contribution in [-0.4, -0.2) is 5.78 Å². The lowest BCUT2D eigenvalue weighted by Crippen LogP contribution is -2.07. The fourth-order valence-electron chi connectivity index (χ4n) is 0.600. The van der Waals surface area contributed by atoms with Crippen LogP contribution in [0.25, 0.3) is 0 Å². The maximum atomic E-state index is 10.7. The van der Waals surface area contributed by atoms with E-state index in [0.717, 1.165) is 6.42 Å². The van der Waals surface area contributed by atoms with Gasteiger partial charge in [-0.25, -0.2) is 0 Å². The molecular formula is C9H16O. The second kappa shape index (κ2) is 3.55. The molecule has 0 spiro atoms. The zero-order chi connectivity index (χ0) is 8.20. The van der Waals surface area contributed by atoms with Gasteiger partial charge in [0.2, 0.25) is 0 Å². The number of rotatable bonds is 3. The third-order valence-corrected chi connectivity index (χ3v) is 1.35. The molecule has 0 aromatic carbocycles. The summed E-state index contributed by atoms with van der Waals surface area (Å²) in [6, 6.07) is 0. The van der Waals surface area contributed by atoms with Crippen molar-refractivity contribution in [3.8, 4) is 0 Å². The van der Waals surface area contributed by atoms with Crippen LogP contribution in [0, 0.1) is 5.41 Å². The number of ketones is 1. The quantitative estimate of drug-likeness (QED) is 0.551. The van der Waals surface area contributed by atoms with Crippen LogP contribution in [0.2, 0.25) is 0 Å². The van der Waals surface area contributed by atoms with E-state index >= 15 is 0 Å². The highest BCUT2D eigenvalue weighted by Gasteiger charge is 2.10. The summed E-state index contributed by atoms with van der Waals surface area (Å²) in [5.74, 6) is 0.148. The van der Waals surface area contributed by atoms with E-state index in [4.69, 9.17) is 0 Å². The number of allylic oxidation sites excluding steroid dienone is 1. The Hall–Kier alpha value is -0.590. The highest BCUT2D eigenvalue weighted by Crippen LogP contribution is 2.20. The maximum absolute atomic E-state index is 10.7. The second-order valence-corrected chi connectivity index (χ2v) is 3.73. The number of hydrogen-bond donors (Lipinski definition) is 0. The molecule has 0 aromatic rings. The summed E-state index contributed by atoms with van der Waals surface area (Å²) in [6.07, 6.45) is 2.97. The first-order valence-electron chi connectivity index (χ1n) is 3.61. The molecule has 1 nitrogen and oxygen atoms in total. The van der Waals surface area contributed by atoms with Crippen molar-refractivity contribution in [3.63, 3.8) is 0 Å². The standard InChI is InChI=1S/C9H16O/c1-5-8(10)6-7-9(2,3)4/h5H,1,6-7H2,2-4H3. The zero-order valence-electron chi connectivity index (χ0n) is 7.11. The minimum Gasteiger partial charge on any atom is -0.295 e. The smallest absolute Gasteiger partial charge is 0.155 e. The molecule has 0 aliphatic rings. The SMILES string of the molecule is C=CC(=O)CCC(C)(C)C. The van der Waals surface area contributed by atoms with Gasteiger partial charge in [0.05, 0.1) is 0 Å². The predicted octanol–water partition coefficient (Wildman–Crippen LogP) is 2.57. The fraction of sp³-hybridized carbons (Fsp3) is 0.667. The zero-order valence-corrected chi connectivity index (χ0v) is 7.11. The summed E-state index contributed by atoms with van der Waals surface area (Å²) in [5, 5.41) is 0. The van der Waals surface area contributed by atoms with E-state index in [1.807, 2.05) is 0 Å². The van der Waals surface area contributed by atoms with Gasteiger partial charge in [0.1, 0.15) is 0 Å². The maximum Gasteiger partial charge on any atom is 0.155 e. The van der Waals surface area contributed by atoms with Crippen LogP contribution >= 0.6 is 0 Å². The van der Waals surface area contributed by atoms with Crippen LogP contribution in [0.5, 0.6) is 0 Å². The minimum absolute atomic E-state index is 0.148. The molecule has 0 aliphatic heterocycles. The first-order valence-corrected chi connectivity index (χ1v) is 3.61. The van der Waals surface area contributed by atoms with Crippen molar-refractivity contribution in [2.24, 2.45) is 5.41 Å². The van der Waals surface area contributed by atoms with Gasteiger partial charge in [-0.05, 0) is 17.9 Å². The molecule has 0 atom stereocenters. The van der Waals surface area contributed by atoms with Crippen LogP contribution in [-0.2, 0) is 4.79 Å². The average molecular weight is 140 g/mol. The number of carbonyl (C=O) groups is 1. The highest BCUT2D eigenvalue weighted by molar-refractivity contribution is 5.88. The first kappa shape index (κ1) is 9.41. The molecule has 0 fully saturated rings. The van der Waals surface area contributed by atoms with Gasteiger partial charge in [-0.3, -0.25) is 4.79 Å². The van der Waals surface area contributed by atoms with E-state index in [9.17, 15) is 4.79 Å². The lowest BCUT2D eigenvalue weighted by Gasteiger charge is -2.16. The van der Waals surface area contributed by atoms with Crippen LogP contribution < -0.4 is 0 Å². The van der Waals surface area contributed by atoms with Crippen molar-refractivity contribution in [2.45, 2.75) is 33.6 Å². The molecule has 0 heterocycles. The Bertz CT molecular complexity index is 128. The predicted molar refractivity (Wildman–Crippen MR) is 43.9 cm³/mol. The van der Waals surface area contributed by atoms with Gasteiger partial charge in [-0.1, -0.05) is 27.4 Å². The van der Waals surface area contributed by atoms with E-state index in [-0.39, 0.29) is 11.2 Å². The third-order valence-electron chi connectivity index (χ3n) is 1.35. The van der Waals surface area contributed by atoms with E-state index < -0.39 is 0 Å². The molecule has 0 rings (SSSR count). The molecule has 0 aromatic heterocycles. The van der Waals surface area contributed by atoms with Crippen molar-refractivity contribution in [1.82, 2.24) is 0 Å². The summed E-state index contributed by atoms with van der Waals surface area (Å²) in [6.45, 7) is 9.80. The topological polar surface area (TPSA) is 17.1 Å². The van der Waals surface area contributed by atoms with E-state index in [1.54, 1.807) is 0 Å². The van der Waals surface area contributed by atoms with Gasteiger partial charge in [0.25, 0.3) is 0 Å². The van der Waals surface area contributed by atoms with Gasteiger partial charge in [0, 0.05) is 6.42 Å². The Morgan fingerprint density at radius 1 is 1.50 bits per heavy atom. The van der Waals surface area contributed by atoms with Gasteiger partial charge in [-0.15, -0.1) is 0 Å². The Morgan fingerprint density at radius 2 is 2.00 bits per heavy atom. The summed E-state index contributed by atoms with van der Waals surface area (Å²) in [7, 11) is 0. The molecule has 0 amide bonds. The number of hydrogen-bond acceptors (Lipinski definition) is 1. The Kier molecular flexibility index (Phi) is 3.34. The Labute approximate surface area is 63.1 Å². The summed E-state index contributed by atoms with van der Waals surface area (Å²) in [5.41, 5.74) is 0.263. The largest absolute Gasteiger partial charge is 0.295 e. The van der Waals surface area contributed by atoms with E-state index in [2.05, 4.69) is 27.4 Å². The monoisotopic (exact) mass is 140 g/mol. The average Bonchev–Trinajstić information content (AvgIpc) is 1.81. The van der Waals surface area contributed by atoms with Crippen molar-refractivity contribution < 1.29 is 4.79 Å². The fourth-order valence-corrected chi connectivity index (χ4v) is 0.600. The molecule has 0 aliphatic carbocycles. The summed E-state index contributed by atoms with van der Waals surface area (Å²) in [4.78, 5) is 10.7. The molecule has 0 saturated carbocycles. The molecule has 0 unspecified atom stereocenters. The molecule has 58 valence electrons. The van der Waals surface area contributed by atoms with Crippen molar-refractivity contribution in [2.75, 3.05) is 0 Å². The molecule has 0 saturated heterocycles. The van der Waals surface area contributed by atoms with Crippen molar-refractivity contribution >= 4 is 5.78 Å². The third kappa shape index (κ3) is 5.54. The highest BCUT2D eigenvalue weighted by atomic mass is 16.1. The molecule has 1 heteroatoms. The van der Waals surface area contributed by atoms with Crippen molar-refractivity contribution in [3.05, 3.63) is 12.7 Å². The second-order valence-electron chi connectivity index (χ2n) is 3.73. The molecule has 0 radical (unpaired) electrons. The van der Waals surface area contributed by atoms with Gasteiger partial charge in [-0.2, -0.15) is 0 Å². The minimum atomic E-state index is 0.148. The number of carbonyl (C=O) groups excluding carboxylic acids is 1. The molecular weight excluding hydrogens is 124 g/mol. The van der Waals surface area contributed by atoms with Crippen LogP contribution in [0.1, 0.15) is 33.6 Å². The van der Waals surface area contributed by atoms with Gasteiger partial charge < -0.3 is 0 Å². The molecule has 10 heavy (non-hydrogen) atoms.